The van der Waals surface area contributed by atoms with Crippen molar-refractivity contribution in [3.8, 4) is 17.2 Å². The first kappa shape index (κ1) is 29.4. The highest BCUT2D eigenvalue weighted by Crippen LogP contribution is 2.34. The number of hydrogen-bond acceptors (Lipinski definition) is 7. The minimum Gasteiger partial charge on any atom is -0.507 e. The third kappa shape index (κ3) is 7.46. The van der Waals surface area contributed by atoms with Crippen molar-refractivity contribution in [2.75, 3.05) is 0 Å². The Morgan fingerprint density at radius 3 is 1.19 bits per heavy atom. The Labute approximate surface area is 233 Å². The van der Waals surface area contributed by atoms with Crippen LogP contribution in [0.3, 0.4) is 0 Å². The van der Waals surface area contributed by atoms with E-state index in [1.54, 1.807) is 24.3 Å². The van der Waals surface area contributed by atoms with E-state index in [-0.39, 0.29) is 62.3 Å². The summed E-state index contributed by atoms with van der Waals surface area (Å²) in [7, 11) is 0. The number of ether oxygens (including phenoxy) is 2. The second-order valence-electron chi connectivity index (χ2n) is 9.84. The molecule has 0 radical (unpaired) electrons. The van der Waals surface area contributed by atoms with Gasteiger partial charge in [0.2, 0.25) is 0 Å². The lowest BCUT2D eigenvalue weighted by Crippen LogP contribution is -2.13. The zero-order valence-electron chi connectivity index (χ0n) is 21.0. The SMILES string of the molecule is CC(C)(C)c1cc(COCc2cc(Br)cc(CO)c2O)c(O)c(COCc2cc(Br)cc(CO)c2O)c1. The molecule has 0 fully saturated rings. The number of aliphatic hydroxyl groups is 2. The Hall–Kier alpha value is -2.14. The van der Waals surface area contributed by atoms with Gasteiger partial charge in [0.05, 0.1) is 39.6 Å². The molecule has 0 aliphatic heterocycles. The molecule has 7 nitrogen and oxygen atoms in total. The van der Waals surface area contributed by atoms with Crippen LogP contribution in [0.25, 0.3) is 0 Å². The highest BCUT2D eigenvalue weighted by atomic mass is 79.9. The van der Waals surface area contributed by atoms with Crippen LogP contribution in [0.5, 0.6) is 17.2 Å². The summed E-state index contributed by atoms with van der Waals surface area (Å²) in [5.41, 5.74) is 3.78. The van der Waals surface area contributed by atoms with Crippen LogP contribution >= 0.6 is 31.9 Å². The first-order valence-corrected chi connectivity index (χ1v) is 13.3. The lowest BCUT2D eigenvalue weighted by atomic mass is 9.85. The number of phenols is 3. The second-order valence-corrected chi connectivity index (χ2v) is 11.7. The van der Waals surface area contributed by atoms with Gasteiger partial charge in [-0.3, -0.25) is 0 Å². The van der Waals surface area contributed by atoms with Gasteiger partial charge in [-0.25, -0.2) is 0 Å². The van der Waals surface area contributed by atoms with Gasteiger partial charge in [-0.2, -0.15) is 0 Å². The number of phenolic OH excluding ortho intramolecular Hbond substituents is 1. The predicted molar refractivity (Wildman–Crippen MR) is 147 cm³/mol. The second kappa shape index (κ2) is 12.6. The van der Waals surface area contributed by atoms with Crippen LogP contribution in [0.15, 0.2) is 45.3 Å². The molecular formula is C28H32Br2O7. The Morgan fingerprint density at radius 2 is 0.865 bits per heavy atom. The highest BCUT2D eigenvalue weighted by Gasteiger charge is 2.20. The molecule has 0 saturated heterocycles. The number of aliphatic hydroxyl groups excluding tert-OH is 2. The van der Waals surface area contributed by atoms with Crippen LogP contribution in [0.2, 0.25) is 0 Å². The maximum absolute atomic E-state index is 11.0. The normalized spacial score (nSPS) is 11.8. The maximum Gasteiger partial charge on any atom is 0.126 e. The molecule has 5 N–H and O–H groups in total. The molecular weight excluding hydrogens is 608 g/mol. The van der Waals surface area contributed by atoms with E-state index < -0.39 is 0 Å². The molecule has 0 bridgehead atoms. The topological polar surface area (TPSA) is 120 Å². The molecule has 3 aromatic carbocycles. The van der Waals surface area contributed by atoms with Gasteiger partial charge in [0.25, 0.3) is 0 Å². The molecule has 0 saturated carbocycles. The first-order valence-electron chi connectivity index (χ1n) is 11.7. The van der Waals surface area contributed by atoms with Crippen molar-refractivity contribution in [1.82, 2.24) is 0 Å². The van der Waals surface area contributed by atoms with Crippen LogP contribution in [0.1, 0.15) is 59.7 Å². The molecule has 0 spiro atoms. The molecule has 0 atom stereocenters. The van der Waals surface area contributed by atoms with Crippen molar-refractivity contribution in [2.24, 2.45) is 0 Å². The summed E-state index contributed by atoms with van der Waals surface area (Å²) in [5, 5.41) is 50.6. The zero-order valence-corrected chi connectivity index (χ0v) is 24.2. The molecule has 0 unspecified atom stereocenters. The van der Waals surface area contributed by atoms with Gasteiger partial charge in [0, 0.05) is 42.3 Å². The Balaban J connectivity index is 1.78. The van der Waals surface area contributed by atoms with Gasteiger partial charge in [-0.15, -0.1) is 0 Å². The first-order chi connectivity index (χ1) is 17.4. The summed E-state index contributed by atoms with van der Waals surface area (Å²) < 4.78 is 13.1. The summed E-state index contributed by atoms with van der Waals surface area (Å²) in [6.45, 7) is 5.97. The van der Waals surface area contributed by atoms with Crippen molar-refractivity contribution in [2.45, 2.75) is 65.8 Å². The smallest absolute Gasteiger partial charge is 0.126 e. The van der Waals surface area contributed by atoms with Crippen LogP contribution < -0.4 is 0 Å². The number of rotatable bonds is 10. The van der Waals surface area contributed by atoms with Gasteiger partial charge in [0.1, 0.15) is 17.2 Å². The van der Waals surface area contributed by atoms with Gasteiger partial charge < -0.3 is 35.0 Å². The fourth-order valence-electron chi connectivity index (χ4n) is 3.85. The van der Waals surface area contributed by atoms with E-state index in [0.717, 1.165) is 5.56 Å². The monoisotopic (exact) mass is 638 g/mol. The lowest BCUT2D eigenvalue weighted by molar-refractivity contribution is 0.0978. The van der Waals surface area contributed by atoms with Crippen LogP contribution in [0, 0.1) is 0 Å². The van der Waals surface area contributed by atoms with Gasteiger partial charge >= 0.3 is 0 Å². The van der Waals surface area contributed by atoms with Gasteiger partial charge in [-0.1, -0.05) is 52.6 Å². The Bertz CT molecular complexity index is 1170. The van der Waals surface area contributed by atoms with Gasteiger partial charge in [0.15, 0.2) is 0 Å². The van der Waals surface area contributed by atoms with E-state index in [4.69, 9.17) is 9.47 Å². The van der Waals surface area contributed by atoms with Crippen molar-refractivity contribution in [3.05, 3.63) is 84.3 Å². The van der Waals surface area contributed by atoms with Crippen molar-refractivity contribution in [3.63, 3.8) is 0 Å². The van der Waals surface area contributed by atoms with E-state index in [1.807, 2.05) is 12.1 Å². The third-order valence-electron chi connectivity index (χ3n) is 5.97. The molecule has 0 aromatic heterocycles. The molecule has 3 rings (SSSR count). The zero-order chi connectivity index (χ0) is 27.3. The summed E-state index contributed by atoms with van der Waals surface area (Å²) in [4.78, 5) is 0. The molecule has 3 aromatic rings. The van der Waals surface area contributed by atoms with E-state index in [1.165, 1.54) is 0 Å². The van der Waals surface area contributed by atoms with Crippen molar-refractivity contribution < 1.29 is 35.0 Å². The lowest BCUT2D eigenvalue weighted by Gasteiger charge is -2.23. The van der Waals surface area contributed by atoms with Crippen LogP contribution in [-0.2, 0) is 54.5 Å². The van der Waals surface area contributed by atoms with Crippen LogP contribution in [-0.4, -0.2) is 25.5 Å². The van der Waals surface area contributed by atoms with Crippen LogP contribution in [0.4, 0.5) is 0 Å². The number of hydrogen-bond donors (Lipinski definition) is 5. The summed E-state index contributed by atoms with van der Waals surface area (Å²) in [6.07, 6.45) is 0. The quantitative estimate of drug-likeness (QED) is 0.183. The molecule has 37 heavy (non-hydrogen) atoms. The molecule has 0 amide bonds. The minimum absolute atomic E-state index is 0.0207. The van der Waals surface area contributed by atoms with E-state index >= 15 is 0 Å². The fraction of sp³-hybridized carbons (Fsp3) is 0.357. The fourth-order valence-corrected chi connectivity index (χ4v) is 4.96. The minimum atomic E-state index is -0.297. The highest BCUT2D eigenvalue weighted by molar-refractivity contribution is 9.10. The Kier molecular flexibility index (Phi) is 10.0. The standard InChI is InChI=1S/C28H32Br2O7/c1-28(2,3)22-4-18(12-36-14-20-8-23(29)6-16(10-31)25(20)33)27(35)19(5-22)13-37-15-21-9-24(30)7-17(11-32)26(21)34/h4-9,31-35H,10-15H2,1-3H3. The predicted octanol–water partition coefficient (Wildman–Crippen LogP) is 6.04. The van der Waals surface area contributed by atoms with Crippen molar-refractivity contribution >= 4 is 31.9 Å². The average Bonchev–Trinajstić information content (AvgIpc) is 2.83. The van der Waals surface area contributed by atoms with E-state index in [2.05, 4.69) is 52.6 Å². The molecule has 9 heteroatoms. The summed E-state index contributed by atoms with van der Waals surface area (Å²) >= 11 is 6.74. The van der Waals surface area contributed by atoms with E-state index in [9.17, 15) is 25.5 Å². The number of benzene rings is 3. The average molecular weight is 640 g/mol. The van der Waals surface area contributed by atoms with E-state index in [0.29, 0.717) is 42.3 Å². The number of halogens is 2. The Morgan fingerprint density at radius 1 is 0.568 bits per heavy atom. The summed E-state index contributed by atoms with van der Waals surface area (Å²) in [5.74, 6) is 0.0113. The molecule has 0 heterocycles. The molecule has 0 aliphatic carbocycles. The largest absolute Gasteiger partial charge is 0.507 e. The molecule has 0 aliphatic rings. The van der Waals surface area contributed by atoms with Gasteiger partial charge in [-0.05, 0) is 47.4 Å². The third-order valence-corrected chi connectivity index (χ3v) is 6.89. The maximum atomic E-state index is 11.0. The van der Waals surface area contributed by atoms with Crippen molar-refractivity contribution in [1.29, 1.82) is 0 Å². The number of aromatic hydroxyl groups is 3. The summed E-state index contributed by atoms with van der Waals surface area (Å²) in [6, 6.07) is 10.5. The molecule has 200 valence electrons.